The maximum Gasteiger partial charge on any atom is 0.137 e. The van der Waals surface area contributed by atoms with Gasteiger partial charge in [-0.1, -0.05) is 31.2 Å². The van der Waals surface area contributed by atoms with Gasteiger partial charge in [0.1, 0.15) is 5.65 Å². The van der Waals surface area contributed by atoms with Crippen molar-refractivity contribution in [2.45, 2.75) is 19.9 Å². The largest absolute Gasteiger partial charge is 0.326 e. The molecule has 3 rings (SSSR count). The van der Waals surface area contributed by atoms with E-state index in [4.69, 9.17) is 10.7 Å². The second-order valence-corrected chi connectivity index (χ2v) is 5.65. The number of halogens is 1. The zero-order valence-corrected chi connectivity index (χ0v) is 12.9. The average Bonchev–Trinajstić information content (AvgIpc) is 2.85. The van der Waals surface area contributed by atoms with E-state index in [9.17, 15) is 0 Å². The molecule has 2 aromatic heterocycles. The lowest BCUT2D eigenvalue weighted by molar-refractivity contribution is 0.994. The number of nitrogens with zero attached hydrogens (tertiary/aromatic N) is 2. The van der Waals surface area contributed by atoms with Crippen molar-refractivity contribution in [3.05, 3.63) is 58.3 Å². The molecule has 4 heteroatoms. The van der Waals surface area contributed by atoms with Crippen LogP contribution in [0.2, 0.25) is 0 Å². The van der Waals surface area contributed by atoms with Gasteiger partial charge in [-0.2, -0.15) is 0 Å². The van der Waals surface area contributed by atoms with E-state index in [-0.39, 0.29) is 0 Å². The Hall–Kier alpha value is -1.65. The summed E-state index contributed by atoms with van der Waals surface area (Å²) in [6.45, 7) is 2.72. The van der Waals surface area contributed by atoms with Crippen LogP contribution >= 0.6 is 15.9 Å². The molecule has 0 saturated heterocycles. The van der Waals surface area contributed by atoms with Crippen molar-refractivity contribution in [3.8, 4) is 11.3 Å². The van der Waals surface area contributed by atoms with Gasteiger partial charge < -0.3 is 10.1 Å². The molecule has 3 aromatic rings. The van der Waals surface area contributed by atoms with Crippen LogP contribution < -0.4 is 5.73 Å². The molecule has 0 spiro atoms. The molecule has 0 aliphatic rings. The first-order valence-electron chi connectivity index (χ1n) is 6.68. The Labute approximate surface area is 126 Å². The Morgan fingerprint density at radius 2 is 1.90 bits per heavy atom. The Morgan fingerprint density at radius 1 is 1.15 bits per heavy atom. The first kappa shape index (κ1) is 13.3. The summed E-state index contributed by atoms with van der Waals surface area (Å²) in [7, 11) is 0. The van der Waals surface area contributed by atoms with Crippen LogP contribution in [0.1, 0.15) is 18.2 Å². The number of hydrogen-bond acceptors (Lipinski definition) is 2. The summed E-state index contributed by atoms with van der Waals surface area (Å²) >= 11 is 3.52. The predicted octanol–water partition coefficient (Wildman–Crippen LogP) is 3.78. The summed E-state index contributed by atoms with van der Waals surface area (Å²) in [5, 5.41) is 0. The fourth-order valence-electron chi connectivity index (χ4n) is 2.44. The number of aromatic nitrogens is 2. The molecule has 20 heavy (non-hydrogen) atoms. The Balaban J connectivity index is 2.19. The van der Waals surface area contributed by atoms with Crippen molar-refractivity contribution in [2.24, 2.45) is 5.73 Å². The minimum absolute atomic E-state index is 0.568. The van der Waals surface area contributed by atoms with E-state index in [0.717, 1.165) is 33.4 Å². The van der Waals surface area contributed by atoms with Crippen LogP contribution in [0.15, 0.2) is 47.1 Å². The molecule has 0 aliphatic carbocycles. The van der Waals surface area contributed by atoms with E-state index in [1.165, 1.54) is 5.69 Å². The molecule has 2 heterocycles. The van der Waals surface area contributed by atoms with E-state index < -0.39 is 0 Å². The summed E-state index contributed by atoms with van der Waals surface area (Å²) in [6, 6.07) is 12.4. The molecule has 0 atom stereocenters. The number of pyridine rings is 1. The molecule has 0 unspecified atom stereocenters. The topological polar surface area (TPSA) is 43.3 Å². The highest BCUT2D eigenvalue weighted by molar-refractivity contribution is 9.10. The first-order valence-corrected chi connectivity index (χ1v) is 7.48. The molecule has 0 aliphatic heterocycles. The molecule has 2 N–H and O–H groups in total. The van der Waals surface area contributed by atoms with Crippen LogP contribution in [0, 0.1) is 0 Å². The lowest BCUT2D eigenvalue weighted by atomic mass is 10.1. The highest BCUT2D eigenvalue weighted by Crippen LogP contribution is 2.26. The van der Waals surface area contributed by atoms with Crippen molar-refractivity contribution < 1.29 is 0 Å². The number of aryl methyl sites for hydroxylation is 1. The summed E-state index contributed by atoms with van der Waals surface area (Å²) in [5.41, 5.74) is 11.2. The van der Waals surface area contributed by atoms with Crippen molar-refractivity contribution >= 4 is 21.6 Å². The van der Waals surface area contributed by atoms with E-state index in [2.05, 4.69) is 57.7 Å². The number of fused-ring (bicyclic) bond motifs is 1. The predicted molar refractivity (Wildman–Crippen MR) is 85.6 cm³/mol. The standard InChI is InChI=1S/C16H16BrN3/c1-2-14-16(12-5-3-11(9-18)4-6-12)19-15-8-7-13(17)10-20(14)15/h3-8,10H,2,9,18H2,1H3. The molecule has 0 saturated carbocycles. The van der Waals surface area contributed by atoms with Crippen LogP contribution in [-0.4, -0.2) is 9.38 Å². The van der Waals surface area contributed by atoms with E-state index in [1.807, 2.05) is 12.1 Å². The van der Waals surface area contributed by atoms with Gasteiger partial charge in [-0.05, 0) is 40.0 Å². The van der Waals surface area contributed by atoms with Gasteiger partial charge in [-0.3, -0.25) is 0 Å². The highest BCUT2D eigenvalue weighted by atomic mass is 79.9. The summed E-state index contributed by atoms with van der Waals surface area (Å²) in [4.78, 5) is 4.76. The quantitative estimate of drug-likeness (QED) is 0.794. The molecule has 0 fully saturated rings. The Kier molecular flexibility index (Phi) is 3.59. The third-order valence-corrected chi connectivity index (χ3v) is 3.95. The Morgan fingerprint density at radius 3 is 2.55 bits per heavy atom. The van der Waals surface area contributed by atoms with Crippen LogP contribution in [-0.2, 0) is 13.0 Å². The van der Waals surface area contributed by atoms with E-state index >= 15 is 0 Å². The molecule has 0 radical (unpaired) electrons. The van der Waals surface area contributed by atoms with Crippen LogP contribution in [0.25, 0.3) is 16.9 Å². The van der Waals surface area contributed by atoms with Gasteiger partial charge in [0.25, 0.3) is 0 Å². The van der Waals surface area contributed by atoms with Crippen LogP contribution in [0.3, 0.4) is 0 Å². The first-order chi connectivity index (χ1) is 9.72. The van der Waals surface area contributed by atoms with Gasteiger partial charge in [0.15, 0.2) is 0 Å². The molecular weight excluding hydrogens is 314 g/mol. The number of hydrogen-bond donors (Lipinski definition) is 1. The van der Waals surface area contributed by atoms with Crippen molar-refractivity contribution in [1.82, 2.24) is 9.38 Å². The van der Waals surface area contributed by atoms with Crippen molar-refractivity contribution in [1.29, 1.82) is 0 Å². The lowest BCUT2D eigenvalue weighted by Gasteiger charge is -2.04. The average molecular weight is 330 g/mol. The summed E-state index contributed by atoms with van der Waals surface area (Å²) in [5.74, 6) is 0. The third-order valence-electron chi connectivity index (χ3n) is 3.48. The summed E-state index contributed by atoms with van der Waals surface area (Å²) in [6.07, 6.45) is 3.00. The zero-order chi connectivity index (χ0) is 14.1. The van der Waals surface area contributed by atoms with Gasteiger partial charge in [-0.25, -0.2) is 4.98 Å². The lowest BCUT2D eigenvalue weighted by Crippen LogP contribution is -1.96. The highest BCUT2D eigenvalue weighted by Gasteiger charge is 2.12. The van der Waals surface area contributed by atoms with E-state index in [1.54, 1.807) is 0 Å². The molecule has 0 bridgehead atoms. The van der Waals surface area contributed by atoms with Gasteiger partial charge in [0.05, 0.1) is 11.4 Å². The zero-order valence-electron chi connectivity index (χ0n) is 11.3. The maximum atomic E-state index is 5.65. The smallest absolute Gasteiger partial charge is 0.137 e. The van der Waals surface area contributed by atoms with Gasteiger partial charge in [0, 0.05) is 22.8 Å². The fourth-order valence-corrected chi connectivity index (χ4v) is 2.77. The van der Waals surface area contributed by atoms with Gasteiger partial charge in [0.2, 0.25) is 0 Å². The molecule has 102 valence electrons. The molecular formula is C16H16BrN3. The fraction of sp³-hybridized carbons (Fsp3) is 0.188. The number of imidazole rings is 1. The van der Waals surface area contributed by atoms with E-state index in [0.29, 0.717) is 6.54 Å². The monoisotopic (exact) mass is 329 g/mol. The van der Waals surface area contributed by atoms with Gasteiger partial charge >= 0.3 is 0 Å². The SMILES string of the molecule is CCc1c(-c2ccc(CN)cc2)nc2ccc(Br)cn12. The van der Waals surface area contributed by atoms with Crippen LogP contribution in [0.5, 0.6) is 0 Å². The maximum absolute atomic E-state index is 5.65. The summed E-state index contributed by atoms with van der Waals surface area (Å²) < 4.78 is 3.21. The van der Waals surface area contributed by atoms with Crippen molar-refractivity contribution in [3.63, 3.8) is 0 Å². The third kappa shape index (κ3) is 2.25. The van der Waals surface area contributed by atoms with Crippen LogP contribution in [0.4, 0.5) is 0 Å². The second kappa shape index (κ2) is 5.38. The molecule has 1 aromatic carbocycles. The number of rotatable bonds is 3. The minimum atomic E-state index is 0.568. The minimum Gasteiger partial charge on any atom is -0.326 e. The van der Waals surface area contributed by atoms with Gasteiger partial charge in [-0.15, -0.1) is 0 Å². The normalized spacial score (nSPS) is 11.2. The number of benzene rings is 1. The molecule has 0 amide bonds. The Bertz CT molecular complexity index is 744. The number of nitrogens with two attached hydrogens (primary N) is 1. The second-order valence-electron chi connectivity index (χ2n) is 4.74. The molecule has 3 nitrogen and oxygen atoms in total. The van der Waals surface area contributed by atoms with Crippen molar-refractivity contribution in [2.75, 3.05) is 0 Å².